The number of nitrogens with one attached hydrogen (secondary N) is 1. The van der Waals surface area contributed by atoms with E-state index in [9.17, 15) is 9.59 Å². The number of hydrogen-bond acceptors (Lipinski definition) is 3. The third-order valence-electron chi connectivity index (χ3n) is 5.44. The Labute approximate surface area is 162 Å². The molecule has 0 bridgehead atoms. The number of rotatable bonds is 5. The van der Waals surface area contributed by atoms with Gasteiger partial charge in [-0.2, -0.15) is 0 Å². The second-order valence-corrected chi connectivity index (χ2v) is 9.07. The summed E-state index contributed by atoms with van der Waals surface area (Å²) in [5.74, 6) is 1.65. The number of amides is 2. The van der Waals surface area contributed by atoms with Crippen LogP contribution >= 0.6 is 0 Å². The number of fused-ring (bicyclic) bond motifs is 1. The lowest BCUT2D eigenvalue weighted by atomic mass is 9.92. The quantitative estimate of drug-likeness (QED) is 0.821. The number of ether oxygens (including phenoxy) is 1. The molecule has 1 aromatic carbocycles. The van der Waals surface area contributed by atoms with Crippen molar-refractivity contribution in [1.29, 1.82) is 0 Å². The van der Waals surface area contributed by atoms with Crippen LogP contribution in [0.1, 0.15) is 59.8 Å². The van der Waals surface area contributed by atoms with Gasteiger partial charge in [0.15, 0.2) is 0 Å². The predicted molar refractivity (Wildman–Crippen MR) is 108 cm³/mol. The molecule has 3 rings (SSSR count). The number of carbonyl (C=O) groups excluding carboxylic acids is 2. The van der Waals surface area contributed by atoms with Gasteiger partial charge in [0.1, 0.15) is 12.4 Å². The van der Waals surface area contributed by atoms with Crippen LogP contribution in [0.2, 0.25) is 0 Å². The molecular formula is C22H32N2O3. The maximum absolute atomic E-state index is 13.1. The fraction of sp³-hybridized carbons (Fsp3) is 0.636. The van der Waals surface area contributed by atoms with Crippen LogP contribution in [0, 0.1) is 17.3 Å². The Morgan fingerprint density at radius 1 is 1.30 bits per heavy atom. The third kappa shape index (κ3) is 4.63. The summed E-state index contributed by atoms with van der Waals surface area (Å²) in [6, 6.07) is 5.60. The number of benzene rings is 1. The summed E-state index contributed by atoms with van der Waals surface area (Å²) >= 11 is 0. The average molecular weight is 373 g/mol. The first-order valence-electron chi connectivity index (χ1n) is 10.1. The highest BCUT2D eigenvalue weighted by Gasteiger charge is 2.38. The van der Waals surface area contributed by atoms with Crippen LogP contribution in [0.25, 0.3) is 0 Å². The van der Waals surface area contributed by atoms with Crippen molar-refractivity contribution in [2.45, 2.75) is 59.8 Å². The van der Waals surface area contributed by atoms with E-state index in [1.807, 2.05) is 36.9 Å². The van der Waals surface area contributed by atoms with Crippen molar-refractivity contribution in [2.24, 2.45) is 17.3 Å². The highest BCUT2D eigenvalue weighted by molar-refractivity contribution is 6.00. The number of hydrogen-bond donors (Lipinski definition) is 1. The molecule has 1 aliphatic heterocycles. The molecule has 0 unspecified atom stereocenters. The molecule has 1 aliphatic carbocycles. The second-order valence-electron chi connectivity index (χ2n) is 9.07. The molecule has 0 aromatic heterocycles. The highest BCUT2D eigenvalue weighted by Crippen LogP contribution is 2.38. The van der Waals surface area contributed by atoms with E-state index >= 15 is 0 Å². The minimum absolute atomic E-state index is 0.0541. The molecule has 148 valence electrons. The monoisotopic (exact) mass is 372 g/mol. The van der Waals surface area contributed by atoms with Gasteiger partial charge in [0, 0.05) is 18.7 Å². The molecule has 5 heteroatoms. The van der Waals surface area contributed by atoms with Crippen molar-refractivity contribution in [3.63, 3.8) is 0 Å². The molecule has 0 saturated heterocycles. The van der Waals surface area contributed by atoms with Crippen molar-refractivity contribution in [3.05, 3.63) is 18.2 Å². The highest BCUT2D eigenvalue weighted by atomic mass is 16.5. The van der Waals surface area contributed by atoms with E-state index in [1.165, 1.54) is 12.8 Å². The minimum Gasteiger partial charge on any atom is -0.490 e. The molecule has 1 heterocycles. The molecule has 0 radical (unpaired) electrons. The van der Waals surface area contributed by atoms with E-state index in [1.54, 1.807) is 0 Å². The Morgan fingerprint density at radius 2 is 2.00 bits per heavy atom. The summed E-state index contributed by atoms with van der Waals surface area (Å²) in [5, 5.41) is 3.02. The smallest absolute Gasteiger partial charge is 0.236 e. The molecule has 5 nitrogen and oxygen atoms in total. The summed E-state index contributed by atoms with van der Waals surface area (Å²) in [6.07, 6.45) is 5.34. The normalized spacial score (nSPS) is 19.6. The third-order valence-corrected chi connectivity index (χ3v) is 5.44. The SMILES string of the molecule is CC(C)CN1C(=O)C(C)(C)COc2ccc(NC(=O)CC3CCCC3)cc21. The lowest BCUT2D eigenvalue weighted by molar-refractivity contribution is -0.127. The zero-order valence-corrected chi connectivity index (χ0v) is 17.0. The van der Waals surface area contributed by atoms with Crippen LogP contribution in [0.15, 0.2) is 18.2 Å². The molecule has 0 atom stereocenters. The fourth-order valence-corrected chi connectivity index (χ4v) is 3.96. The topological polar surface area (TPSA) is 58.6 Å². The van der Waals surface area contributed by atoms with E-state index in [0.717, 1.165) is 24.2 Å². The van der Waals surface area contributed by atoms with Gasteiger partial charge < -0.3 is 15.0 Å². The first-order chi connectivity index (χ1) is 12.8. The summed E-state index contributed by atoms with van der Waals surface area (Å²) in [6.45, 7) is 8.99. The van der Waals surface area contributed by atoms with Crippen molar-refractivity contribution < 1.29 is 14.3 Å². The van der Waals surface area contributed by atoms with Gasteiger partial charge >= 0.3 is 0 Å². The molecular weight excluding hydrogens is 340 g/mol. The largest absolute Gasteiger partial charge is 0.490 e. The molecule has 2 aliphatic rings. The molecule has 27 heavy (non-hydrogen) atoms. The first kappa shape index (κ1) is 19.7. The molecule has 1 fully saturated rings. The minimum atomic E-state index is -0.584. The number of nitrogens with zero attached hydrogens (tertiary/aromatic N) is 1. The Bertz CT molecular complexity index is 706. The zero-order chi connectivity index (χ0) is 19.6. The maximum atomic E-state index is 13.1. The van der Waals surface area contributed by atoms with Crippen LogP contribution in [0.4, 0.5) is 11.4 Å². The summed E-state index contributed by atoms with van der Waals surface area (Å²) in [5.41, 5.74) is 0.888. The van der Waals surface area contributed by atoms with Crippen LogP contribution in [-0.2, 0) is 9.59 Å². The van der Waals surface area contributed by atoms with E-state index in [4.69, 9.17) is 4.74 Å². The van der Waals surface area contributed by atoms with E-state index < -0.39 is 5.41 Å². The van der Waals surface area contributed by atoms with Gasteiger partial charge in [-0.1, -0.05) is 26.7 Å². The van der Waals surface area contributed by atoms with Gasteiger partial charge in [-0.25, -0.2) is 0 Å². The Hall–Kier alpha value is -2.04. The second kappa shape index (κ2) is 7.91. The lowest BCUT2D eigenvalue weighted by Crippen LogP contribution is -2.43. The lowest BCUT2D eigenvalue weighted by Gasteiger charge is -2.29. The molecule has 1 aromatic rings. The average Bonchev–Trinajstić information content (AvgIpc) is 3.07. The van der Waals surface area contributed by atoms with E-state index in [2.05, 4.69) is 19.2 Å². The van der Waals surface area contributed by atoms with Gasteiger partial charge in [-0.05, 0) is 56.7 Å². The summed E-state index contributed by atoms with van der Waals surface area (Å²) in [4.78, 5) is 27.3. The van der Waals surface area contributed by atoms with E-state index in [0.29, 0.717) is 37.2 Å². The van der Waals surface area contributed by atoms with Crippen molar-refractivity contribution in [1.82, 2.24) is 0 Å². The number of carbonyl (C=O) groups is 2. The molecule has 1 N–H and O–H groups in total. The van der Waals surface area contributed by atoms with Crippen LogP contribution < -0.4 is 15.0 Å². The first-order valence-corrected chi connectivity index (χ1v) is 10.1. The Balaban J connectivity index is 1.82. The maximum Gasteiger partial charge on any atom is 0.236 e. The Kier molecular flexibility index (Phi) is 5.78. The molecule has 2 amide bonds. The van der Waals surface area contributed by atoms with Crippen LogP contribution in [0.3, 0.4) is 0 Å². The van der Waals surface area contributed by atoms with Crippen LogP contribution in [0.5, 0.6) is 5.75 Å². The molecule has 0 spiro atoms. The molecule has 1 saturated carbocycles. The van der Waals surface area contributed by atoms with Crippen molar-refractivity contribution in [3.8, 4) is 5.75 Å². The van der Waals surface area contributed by atoms with Gasteiger partial charge in [0.05, 0.1) is 11.1 Å². The summed E-state index contributed by atoms with van der Waals surface area (Å²) < 4.78 is 5.94. The van der Waals surface area contributed by atoms with Gasteiger partial charge in [0.25, 0.3) is 0 Å². The zero-order valence-electron chi connectivity index (χ0n) is 17.0. The predicted octanol–water partition coefficient (Wildman–Crippen LogP) is 4.61. The van der Waals surface area contributed by atoms with Crippen molar-refractivity contribution in [2.75, 3.05) is 23.4 Å². The van der Waals surface area contributed by atoms with Gasteiger partial charge in [-0.15, -0.1) is 0 Å². The van der Waals surface area contributed by atoms with E-state index in [-0.39, 0.29) is 11.8 Å². The number of anilines is 2. The standard InChI is InChI=1S/C22H32N2O3/c1-15(2)13-24-18-12-17(23-20(25)11-16-7-5-6-8-16)9-10-19(18)27-14-22(3,4)21(24)26/h9-10,12,15-16H,5-8,11,13-14H2,1-4H3,(H,23,25). The van der Waals surface area contributed by atoms with Gasteiger partial charge in [-0.3, -0.25) is 9.59 Å². The summed E-state index contributed by atoms with van der Waals surface area (Å²) in [7, 11) is 0. The van der Waals surface area contributed by atoms with Gasteiger partial charge in [0.2, 0.25) is 11.8 Å². The van der Waals surface area contributed by atoms with Crippen molar-refractivity contribution >= 4 is 23.2 Å². The van der Waals surface area contributed by atoms with Crippen LogP contribution in [-0.4, -0.2) is 25.0 Å². The fourth-order valence-electron chi connectivity index (χ4n) is 3.96. The Morgan fingerprint density at radius 3 is 2.67 bits per heavy atom.